The number of nitrogens with zero attached hydrogens (tertiary/aromatic N) is 3. The number of carbonyl (C=O) groups is 1. The minimum Gasteiger partial charge on any atom is -0.460 e. The molecule has 1 aromatic carbocycles. The molecule has 1 heterocycles. The van der Waals surface area contributed by atoms with Crippen LogP contribution in [-0.4, -0.2) is 26.8 Å². The summed E-state index contributed by atoms with van der Waals surface area (Å²) in [6.07, 6.45) is 4.79. The molecule has 128 valence electrons. The Labute approximate surface area is 140 Å². The average molecular weight is 331 g/mol. The minimum atomic E-state index is -0.432. The van der Waals surface area contributed by atoms with Crippen LogP contribution in [0.1, 0.15) is 50.7 Å². The van der Waals surface area contributed by atoms with E-state index < -0.39 is 5.82 Å². The second-order valence-corrected chi connectivity index (χ2v) is 6.45. The first-order valence-corrected chi connectivity index (χ1v) is 8.49. The van der Waals surface area contributed by atoms with E-state index in [1.807, 2.05) is 13.8 Å². The summed E-state index contributed by atoms with van der Waals surface area (Å²) >= 11 is 0. The van der Waals surface area contributed by atoms with Gasteiger partial charge in [0.05, 0.1) is 11.7 Å². The van der Waals surface area contributed by atoms with E-state index in [-0.39, 0.29) is 35.3 Å². The molecular weight excluding hydrogens is 309 g/mol. The lowest BCUT2D eigenvalue weighted by Crippen LogP contribution is -2.25. The van der Waals surface area contributed by atoms with Gasteiger partial charge in [-0.25, -0.2) is 4.39 Å². The van der Waals surface area contributed by atoms with Crippen LogP contribution in [0.4, 0.5) is 4.39 Å². The Bertz CT molecular complexity index is 721. The van der Waals surface area contributed by atoms with Crippen molar-refractivity contribution in [2.75, 3.05) is 0 Å². The first-order valence-electron chi connectivity index (χ1n) is 8.49. The molecule has 1 aliphatic carbocycles. The number of ether oxygens (including phenoxy) is 1. The number of hydrogen-bond acceptors (Lipinski definition) is 4. The van der Waals surface area contributed by atoms with Crippen molar-refractivity contribution in [1.82, 2.24) is 14.8 Å². The molecule has 0 atom stereocenters. The summed E-state index contributed by atoms with van der Waals surface area (Å²) in [4.78, 5) is 17.2. The Morgan fingerprint density at radius 2 is 1.96 bits per heavy atom. The third kappa shape index (κ3) is 3.47. The summed E-state index contributed by atoms with van der Waals surface area (Å²) in [6.45, 7) is 3.71. The highest BCUT2D eigenvalue weighted by atomic mass is 19.1. The van der Waals surface area contributed by atoms with Gasteiger partial charge >= 0.3 is 6.01 Å². The van der Waals surface area contributed by atoms with Crippen molar-refractivity contribution in [2.45, 2.75) is 52.1 Å². The molecular formula is C18H22FN3O2. The normalized spacial score (nSPS) is 15.7. The number of rotatable bonds is 4. The van der Waals surface area contributed by atoms with Crippen molar-refractivity contribution in [1.29, 1.82) is 0 Å². The maximum Gasteiger partial charge on any atom is 0.336 e. The Hall–Kier alpha value is -2.24. The molecule has 3 rings (SSSR count). The Kier molecular flexibility index (Phi) is 4.92. The van der Waals surface area contributed by atoms with E-state index in [1.54, 1.807) is 18.2 Å². The molecule has 1 saturated carbocycles. The molecule has 0 unspecified atom stereocenters. The van der Waals surface area contributed by atoms with Gasteiger partial charge in [-0.15, -0.1) is 5.10 Å². The van der Waals surface area contributed by atoms with Crippen LogP contribution in [0.15, 0.2) is 24.3 Å². The molecule has 0 bridgehead atoms. The summed E-state index contributed by atoms with van der Waals surface area (Å²) in [5, 5.41) is 4.21. The zero-order chi connectivity index (χ0) is 17.1. The maximum atomic E-state index is 14.2. The van der Waals surface area contributed by atoms with Crippen molar-refractivity contribution in [2.24, 2.45) is 5.92 Å². The fourth-order valence-corrected chi connectivity index (χ4v) is 3.05. The first kappa shape index (κ1) is 16.6. The van der Waals surface area contributed by atoms with Crippen LogP contribution in [0.3, 0.4) is 0 Å². The Morgan fingerprint density at radius 1 is 1.25 bits per heavy atom. The Balaban J connectivity index is 2.01. The van der Waals surface area contributed by atoms with Crippen molar-refractivity contribution in [3.05, 3.63) is 30.1 Å². The monoisotopic (exact) mass is 331 g/mol. The van der Waals surface area contributed by atoms with Crippen molar-refractivity contribution in [3.8, 4) is 17.4 Å². The molecule has 0 N–H and O–H groups in total. The van der Waals surface area contributed by atoms with Crippen LogP contribution in [0.5, 0.6) is 6.01 Å². The van der Waals surface area contributed by atoms with Crippen molar-refractivity contribution >= 4 is 5.91 Å². The van der Waals surface area contributed by atoms with E-state index in [9.17, 15) is 9.18 Å². The molecule has 24 heavy (non-hydrogen) atoms. The molecule has 0 aliphatic heterocycles. The number of hydrogen-bond donors (Lipinski definition) is 0. The molecule has 1 fully saturated rings. The maximum absolute atomic E-state index is 14.2. The van der Waals surface area contributed by atoms with E-state index >= 15 is 0 Å². The summed E-state index contributed by atoms with van der Waals surface area (Å²) < 4.78 is 20.9. The van der Waals surface area contributed by atoms with E-state index in [0.717, 1.165) is 32.1 Å². The molecule has 0 spiro atoms. The third-order valence-electron chi connectivity index (χ3n) is 4.21. The highest BCUT2D eigenvalue weighted by Gasteiger charge is 2.28. The molecule has 5 nitrogen and oxygen atoms in total. The number of carbonyl (C=O) groups excluding carboxylic acids is 1. The Morgan fingerprint density at radius 3 is 2.62 bits per heavy atom. The van der Waals surface area contributed by atoms with Crippen LogP contribution in [-0.2, 0) is 0 Å². The zero-order valence-electron chi connectivity index (χ0n) is 14.0. The summed E-state index contributed by atoms with van der Waals surface area (Å²) in [5.41, 5.74) is 0.257. The fraction of sp³-hybridized carbons (Fsp3) is 0.500. The smallest absolute Gasteiger partial charge is 0.336 e. The second-order valence-electron chi connectivity index (χ2n) is 6.45. The lowest BCUT2D eigenvalue weighted by molar-refractivity contribution is 0.0783. The average Bonchev–Trinajstić information content (AvgIpc) is 2.98. The number of aromatic nitrogens is 3. The predicted molar refractivity (Wildman–Crippen MR) is 88.4 cm³/mol. The van der Waals surface area contributed by atoms with Gasteiger partial charge in [0.25, 0.3) is 5.91 Å². The first-order chi connectivity index (χ1) is 11.6. The lowest BCUT2D eigenvalue weighted by Gasteiger charge is -2.20. The van der Waals surface area contributed by atoms with Gasteiger partial charge in [-0.1, -0.05) is 31.4 Å². The third-order valence-corrected chi connectivity index (χ3v) is 4.21. The molecule has 0 saturated heterocycles. The van der Waals surface area contributed by atoms with E-state index in [0.29, 0.717) is 0 Å². The molecule has 1 aliphatic rings. The molecule has 1 aromatic heterocycles. The van der Waals surface area contributed by atoms with Crippen LogP contribution in [0, 0.1) is 11.7 Å². The van der Waals surface area contributed by atoms with Gasteiger partial charge in [-0.3, -0.25) is 4.79 Å². The summed E-state index contributed by atoms with van der Waals surface area (Å²) in [7, 11) is 0. The SMILES string of the molecule is CC(C)Oc1nc(-c2ccccc2F)n(C(=O)C2CCCCC2)n1. The van der Waals surface area contributed by atoms with Gasteiger partial charge in [0.1, 0.15) is 5.82 Å². The molecule has 0 amide bonds. The largest absolute Gasteiger partial charge is 0.460 e. The molecule has 2 aromatic rings. The van der Waals surface area contributed by atoms with Gasteiger partial charge in [0, 0.05) is 5.92 Å². The van der Waals surface area contributed by atoms with Crippen molar-refractivity contribution in [3.63, 3.8) is 0 Å². The highest BCUT2D eigenvalue weighted by molar-refractivity contribution is 5.84. The van der Waals surface area contributed by atoms with Gasteiger partial charge in [-0.2, -0.15) is 9.67 Å². The van der Waals surface area contributed by atoms with E-state index in [2.05, 4.69) is 10.1 Å². The predicted octanol–water partition coefficient (Wildman–Crippen LogP) is 4.09. The van der Waals surface area contributed by atoms with E-state index in [1.165, 1.54) is 10.7 Å². The fourth-order valence-electron chi connectivity index (χ4n) is 3.05. The van der Waals surface area contributed by atoms with Crippen LogP contribution in [0.25, 0.3) is 11.4 Å². The van der Waals surface area contributed by atoms with Gasteiger partial charge < -0.3 is 4.74 Å². The van der Waals surface area contributed by atoms with Gasteiger partial charge in [0.15, 0.2) is 5.82 Å². The highest BCUT2D eigenvalue weighted by Crippen LogP contribution is 2.29. The molecule has 6 heteroatoms. The quantitative estimate of drug-likeness (QED) is 0.846. The van der Waals surface area contributed by atoms with Gasteiger partial charge in [0.2, 0.25) is 0 Å². The second kappa shape index (κ2) is 7.11. The number of halogens is 1. The van der Waals surface area contributed by atoms with Crippen LogP contribution >= 0.6 is 0 Å². The number of benzene rings is 1. The topological polar surface area (TPSA) is 57.0 Å². The standard InChI is InChI=1S/C18H22FN3O2/c1-12(2)24-18-20-16(14-10-6-7-11-15(14)19)22(21-18)17(23)13-8-4-3-5-9-13/h6-7,10-13H,3-5,8-9H2,1-2H3. The van der Waals surface area contributed by atoms with E-state index in [4.69, 9.17) is 4.74 Å². The van der Waals surface area contributed by atoms with Crippen LogP contribution < -0.4 is 4.74 Å². The summed E-state index contributed by atoms with van der Waals surface area (Å²) in [5.74, 6) is -0.435. The van der Waals surface area contributed by atoms with Gasteiger partial charge in [-0.05, 0) is 38.8 Å². The van der Waals surface area contributed by atoms with Crippen LogP contribution in [0.2, 0.25) is 0 Å². The molecule has 0 radical (unpaired) electrons. The summed E-state index contributed by atoms with van der Waals surface area (Å²) in [6, 6.07) is 6.37. The van der Waals surface area contributed by atoms with Crippen molar-refractivity contribution < 1.29 is 13.9 Å². The minimum absolute atomic E-state index is 0.0853. The zero-order valence-corrected chi connectivity index (χ0v) is 14.0. The lowest BCUT2D eigenvalue weighted by atomic mass is 9.88.